The van der Waals surface area contributed by atoms with Crippen LogP contribution in [0.15, 0.2) is 15.2 Å². The molecule has 0 aliphatic heterocycles. The lowest BCUT2D eigenvalue weighted by Gasteiger charge is -2.03. The number of unbranched alkanes of at least 4 members (excludes halogenated alkanes) is 18. The van der Waals surface area contributed by atoms with Gasteiger partial charge in [-0.1, -0.05) is 129 Å². The van der Waals surface area contributed by atoms with Crippen LogP contribution in [0.5, 0.6) is 0 Å². The van der Waals surface area contributed by atoms with Crippen LogP contribution in [0.3, 0.4) is 0 Å². The number of aryl methyl sites for hydroxylation is 2. The van der Waals surface area contributed by atoms with Crippen molar-refractivity contribution in [3.8, 4) is 9.88 Å². The van der Waals surface area contributed by atoms with Gasteiger partial charge < -0.3 is 0 Å². The van der Waals surface area contributed by atoms with Crippen LogP contribution < -0.4 is 0 Å². The SMILES string of the molecule is CCCCCCCCCCCCc1ccsc1-c1nc(CCCCCCCCCCCC)c(Br)s1. The van der Waals surface area contributed by atoms with Gasteiger partial charge in [0.25, 0.3) is 0 Å². The first kappa shape index (κ1) is 31.0. The van der Waals surface area contributed by atoms with Crippen LogP contribution in [0.2, 0.25) is 0 Å². The number of thiophene rings is 1. The Balaban J connectivity index is 1.61. The van der Waals surface area contributed by atoms with E-state index in [1.807, 2.05) is 22.7 Å². The van der Waals surface area contributed by atoms with Crippen molar-refractivity contribution in [2.24, 2.45) is 0 Å². The lowest BCUT2D eigenvalue weighted by molar-refractivity contribution is 0.555. The molecule has 0 spiro atoms. The monoisotopic (exact) mass is 581 g/mol. The third-order valence-electron chi connectivity index (χ3n) is 7.16. The minimum absolute atomic E-state index is 1.12. The van der Waals surface area contributed by atoms with Crippen molar-refractivity contribution in [3.63, 3.8) is 0 Å². The van der Waals surface area contributed by atoms with Crippen molar-refractivity contribution in [1.29, 1.82) is 0 Å². The maximum atomic E-state index is 5.07. The zero-order chi connectivity index (χ0) is 25.0. The van der Waals surface area contributed by atoms with Gasteiger partial charge in [0.1, 0.15) is 5.01 Å². The molecule has 0 N–H and O–H groups in total. The van der Waals surface area contributed by atoms with Gasteiger partial charge in [-0.3, -0.25) is 0 Å². The zero-order valence-electron chi connectivity index (χ0n) is 22.9. The smallest absolute Gasteiger partial charge is 0.135 e. The summed E-state index contributed by atoms with van der Waals surface area (Å²) in [6.45, 7) is 4.59. The van der Waals surface area contributed by atoms with Gasteiger partial charge in [-0.25, -0.2) is 4.98 Å². The average molecular weight is 583 g/mol. The van der Waals surface area contributed by atoms with Gasteiger partial charge in [-0.15, -0.1) is 22.7 Å². The normalized spacial score (nSPS) is 11.5. The van der Waals surface area contributed by atoms with Gasteiger partial charge >= 0.3 is 0 Å². The fraction of sp³-hybridized carbons (Fsp3) is 0.774. The molecule has 0 amide bonds. The second-order valence-corrected chi connectivity index (χ2v) is 13.6. The van der Waals surface area contributed by atoms with Crippen LogP contribution in [0.1, 0.15) is 154 Å². The van der Waals surface area contributed by atoms with Crippen molar-refractivity contribution in [2.45, 2.75) is 155 Å². The maximum Gasteiger partial charge on any atom is 0.135 e. The highest BCUT2D eigenvalue weighted by molar-refractivity contribution is 9.11. The quantitative estimate of drug-likeness (QED) is 0.119. The standard InChI is InChI=1S/C31H52BrNS2/c1-3-5-7-9-11-13-15-17-19-21-23-27-25-26-34-29(27)31-33-28(30(32)35-31)24-22-20-18-16-14-12-10-8-6-4-2/h25-26H,3-24H2,1-2H3. The fourth-order valence-electron chi connectivity index (χ4n) is 4.89. The van der Waals surface area contributed by atoms with Gasteiger partial charge in [0.2, 0.25) is 0 Å². The molecule has 2 aromatic rings. The largest absolute Gasteiger partial charge is 0.239 e. The number of hydrogen-bond donors (Lipinski definition) is 0. The van der Waals surface area contributed by atoms with Crippen molar-refractivity contribution in [3.05, 3.63) is 26.5 Å². The van der Waals surface area contributed by atoms with Gasteiger partial charge in [-0.05, 0) is 58.6 Å². The molecule has 200 valence electrons. The molecule has 35 heavy (non-hydrogen) atoms. The van der Waals surface area contributed by atoms with Crippen molar-refractivity contribution in [1.82, 2.24) is 4.98 Å². The Kier molecular flexibility index (Phi) is 18.5. The Morgan fingerprint density at radius 2 is 1.09 bits per heavy atom. The van der Waals surface area contributed by atoms with E-state index >= 15 is 0 Å². The number of nitrogens with zero attached hydrogens (tertiary/aromatic N) is 1. The second kappa shape index (κ2) is 20.8. The van der Waals surface area contributed by atoms with E-state index in [1.54, 1.807) is 0 Å². The Morgan fingerprint density at radius 1 is 0.629 bits per heavy atom. The molecule has 0 saturated heterocycles. The number of rotatable bonds is 23. The minimum Gasteiger partial charge on any atom is -0.239 e. The molecule has 4 heteroatoms. The highest BCUT2D eigenvalue weighted by Gasteiger charge is 2.14. The molecule has 0 fully saturated rings. The van der Waals surface area contributed by atoms with Crippen molar-refractivity contribution >= 4 is 38.6 Å². The Hall–Kier alpha value is -0.190. The summed E-state index contributed by atoms with van der Waals surface area (Å²) in [6.07, 6.45) is 30.3. The fourth-order valence-corrected chi connectivity index (χ4v) is 7.55. The number of halogens is 1. The second-order valence-electron chi connectivity index (χ2n) is 10.4. The molecule has 0 unspecified atom stereocenters. The topological polar surface area (TPSA) is 12.9 Å². The maximum absolute atomic E-state index is 5.07. The van der Waals surface area contributed by atoms with E-state index in [9.17, 15) is 0 Å². The summed E-state index contributed by atoms with van der Waals surface area (Å²) in [5, 5.41) is 3.49. The van der Waals surface area contributed by atoms with Crippen LogP contribution in [0.25, 0.3) is 9.88 Å². The van der Waals surface area contributed by atoms with E-state index in [2.05, 4.69) is 41.2 Å². The number of hydrogen-bond acceptors (Lipinski definition) is 3. The number of thiazole rings is 1. The van der Waals surface area contributed by atoms with Crippen LogP contribution in [-0.4, -0.2) is 4.98 Å². The third kappa shape index (κ3) is 13.8. The first-order valence-corrected chi connectivity index (χ1v) is 17.5. The summed E-state index contributed by atoms with van der Waals surface area (Å²) in [5.74, 6) is 0. The van der Waals surface area contributed by atoms with Crippen LogP contribution >= 0.6 is 38.6 Å². The van der Waals surface area contributed by atoms with E-state index < -0.39 is 0 Å². The van der Waals surface area contributed by atoms with Crippen LogP contribution in [0, 0.1) is 0 Å². The minimum atomic E-state index is 1.12. The van der Waals surface area contributed by atoms with E-state index in [1.165, 1.54) is 160 Å². The summed E-state index contributed by atoms with van der Waals surface area (Å²) in [4.78, 5) is 6.49. The third-order valence-corrected chi connectivity index (χ3v) is 10.1. The zero-order valence-corrected chi connectivity index (χ0v) is 26.1. The molecule has 2 heterocycles. The average Bonchev–Trinajstić information content (AvgIpc) is 3.47. The van der Waals surface area contributed by atoms with E-state index in [0.29, 0.717) is 0 Å². The van der Waals surface area contributed by atoms with Gasteiger partial charge in [0, 0.05) is 0 Å². The lowest BCUT2D eigenvalue weighted by atomic mass is 10.0. The number of aromatic nitrogens is 1. The Labute approximate surface area is 234 Å². The molecule has 2 aromatic heterocycles. The van der Waals surface area contributed by atoms with E-state index in [4.69, 9.17) is 4.98 Å². The summed E-state index contributed by atoms with van der Waals surface area (Å²) < 4.78 is 1.25. The molecule has 1 nitrogen and oxygen atoms in total. The van der Waals surface area contributed by atoms with Gasteiger partial charge in [-0.2, -0.15) is 0 Å². The Bertz CT molecular complexity index is 751. The first-order chi connectivity index (χ1) is 17.3. The Morgan fingerprint density at radius 3 is 1.60 bits per heavy atom. The van der Waals surface area contributed by atoms with Crippen LogP contribution in [0.4, 0.5) is 0 Å². The summed E-state index contributed by atoms with van der Waals surface area (Å²) in [7, 11) is 0. The molecule has 0 atom stereocenters. The van der Waals surface area contributed by atoms with E-state index in [0.717, 1.165) is 6.42 Å². The summed E-state index contributed by atoms with van der Waals surface area (Å²) in [5.41, 5.74) is 2.80. The predicted octanol–water partition coefficient (Wildman–Crippen LogP) is 12.6. The molecule has 0 saturated carbocycles. The molecule has 2 rings (SSSR count). The molecule has 0 aromatic carbocycles. The first-order valence-electron chi connectivity index (χ1n) is 15.0. The van der Waals surface area contributed by atoms with Gasteiger partial charge in [0.05, 0.1) is 14.4 Å². The summed E-state index contributed by atoms with van der Waals surface area (Å²) in [6, 6.07) is 2.34. The summed E-state index contributed by atoms with van der Waals surface area (Å²) >= 11 is 7.54. The molecular weight excluding hydrogens is 530 g/mol. The lowest BCUT2D eigenvalue weighted by Crippen LogP contribution is -1.90. The molecule has 0 radical (unpaired) electrons. The van der Waals surface area contributed by atoms with Crippen LogP contribution in [-0.2, 0) is 12.8 Å². The predicted molar refractivity (Wildman–Crippen MR) is 164 cm³/mol. The molecular formula is C31H52BrNS2. The van der Waals surface area contributed by atoms with Crippen molar-refractivity contribution in [2.75, 3.05) is 0 Å². The van der Waals surface area contributed by atoms with Gasteiger partial charge in [0.15, 0.2) is 0 Å². The molecule has 0 aliphatic rings. The van der Waals surface area contributed by atoms with E-state index in [-0.39, 0.29) is 0 Å². The highest BCUT2D eigenvalue weighted by atomic mass is 79.9. The molecule has 0 aliphatic carbocycles. The highest BCUT2D eigenvalue weighted by Crippen LogP contribution is 2.38. The van der Waals surface area contributed by atoms with Crippen molar-refractivity contribution < 1.29 is 0 Å². The molecule has 0 bridgehead atoms.